The molecule has 2 bridgehead atoms. The van der Waals surface area contributed by atoms with Crippen molar-refractivity contribution in [2.75, 3.05) is 4.90 Å². The number of fused-ring (bicyclic) bond motifs is 6. The number of ketones is 1. The summed E-state index contributed by atoms with van der Waals surface area (Å²) in [7, 11) is 0. The van der Waals surface area contributed by atoms with Gasteiger partial charge in [-0.1, -0.05) is 59.1 Å². The molecule has 0 N–H and O–H groups in total. The molecule has 0 spiro atoms. The van der Waals surface area contributed by atoms with Crippen LogP contribution in [0.2, 0.25) is 10.0 Å². The van der Waals surface area contributed by atoms with Crippen molar-refractivity contribution in [1.29, 1.82) is 0 Å². The normalized spacial score (nSPS) is 22.3. The molecule has 1 aromatic heterocycles. The Morgan fingerprint density at radius 1 is 1.00 bits per heavy atom. The van der Waals surface area contributed by atoms with Gasteiger partial charge in [0.2, 0.25) is 17.6 Å². The van der Waals surface area contributed by atoms with Crippen LogP contribution in [0.25, 0.3) is 22.2 Å². The average Bonchev–Trinajstić information content (AvgIpc) is 3.68. The lowest BCUT2D eigenvalue weighted by atomic mass is 9.82. The van der Waals surface area contributed by atoms with E-state index in [4.69, 9.17) is 32.9 Å². The number of allylic oxidation sites excluding steroid dienone is 2. The third-order valence-corrected chi connectivity index (χ3v) is 11.1. The molecule has 2 heterocycles. The summed E-state index contributed by atoms with van der Waals surface area (Å²) in [5.74, 6) is -1.72. The third-order valence-electron chi connectivity index (χ3n) is 9.51. The van der Waals surface area contributed by atoms with Gasteiger partial charge in [0, 0.05) is 26.0 Å². The zero-order valence-electron chi connectivity index (χ0n) is 25.0. The quantitative estimate of drug-likeness (QED) is 0.0861. The zero-order chi connectivity index (χ0) is 32.6. The fourth-order valence-electron chi connectivity index (χ4n) is 7.24. The first-order chi connectivity index (χ1) is 21.9. The molecule has 232 valence electrons. The van der Waals surface area contributed by atoms with Crippen molar-refractivity contribution < 1.29 is 23.9 Å². The number of amides is 2. The number of hydrogen-bond acceptors (Lipinski definition) is 6. The van der Waals surface area contributed by atoms with Gasteiger partial charge in [-0.2, -0.15) is 0 Å². The minimum Gasteiger partial charge on any atom is -0.451 e. The minimum atomic E-state index is -1.09. The number of anilines is 1. The summed E-state index contributed by atoms with van der Waals surface area (Å²) >= 11 is 16.1. The van der Waals surface area contributed by atoms with Crippen LogP contribution in [0.3, 0.4) is 0 Å². The predicted molar refractivity (Wildman–Crippen MR) is 180 cm³/mol. The topological polar surface area (TPSA) is 93.6 Å². The Balaban J connectivity index is 1.22. The number of ether oxygens (including phenoxy) is 1. The van der Waals surface area contributed by atoms with Gasteiger partial charge < -0.3 is 4.74 Å². The smallest absolute Gasteiger partial charge is 0.339 e. The molecule has 1 saturated heterocycles. The number of aryl methyl sites for hydroxylation is 1. The molecule has 0 radical (unpaired) electrons. The van der Waals surface area contributed by atoms with Gasteiger partial charge in [-0.05, 0) is 96.9 Å². The number of hydrogen-bond donors (Lipinski definition) is 0. The summed E-state index contributed by atoms with van der Waals surface area (Å²) in [5, 5.41) is 1.35. The van der Waals surface area contributed by atoms with Crippen molar-refractivity contribution in [2.24, 2.45) is 23.7 Å². The predicted octanol–water partition coefficient (Wildman–Crippen LogP) is 8.41. The number of nitrogens with zero attached hydrogens (tertiary/aromatic N) is 2. The van der Waals surface area contributed by atoms with Crippen LogP contribution < -0.4 is 4.90 Å². The van der Waals surface area contributed by atoms with Gasteiger partial charge in [-0.25, -0.2) is 9.78 Å². The van der Waals surface area contributed by atoms with Crippen LogP contribution in [0.4, 0.5) is 5.69 Å². The number of Topliss-reactive ketones (excluding diaryl/α,β-unsaturated/α-hetero) is 1. The molecule has 7 rings (SSSR count). The number of aromatic nitrogens is 1. The number of pyridine rings is 1. The van der Waals surface area contributed by atoms with E-state index in [1.165, 1.54) is 23.5 Å². The molecule has 46 heavy (non-hydrogen) atoms. The van der Waals surface area contributed by atoms with Gasteiger partial charge in [0.25, 0.3) is 0 Å². The van der Waals surface area contributed by atoms with Crippen LogP contribution in [0.5, 0.6) is 0 Å². The van der Waals surface area contributed by atoms with Gasteiger partial charge >= 0.3 is 5.97 Å². The van der Waals surface area contributed by atoms with Gasteiger partial charge in [0.05, 0.1) is 39.3 Å². The summed E-state index contributed by atoms with van der Waals surface area (Å²) < 4.78 is 6.27. The van der Waals surface area contributed by atoms with Crippen molar-refractivity contribution in [1.82, 2.24) is 4.98 Å². The summed E-state index contributed by atoms with van der Waals surface area (Å²) in [5.41, 5.74) is 4.48. The number of rotatable bonds is 6. The number of carbonyl (C=O) groups excluding carboxylic acids is 4. The van der Waals surface area contributed by atoms with Crippen LogP contribution in [0, 0.1) is 30.6 Å². The highest BCUT2D eigenvalue weighted by Crippen LogP contribution is 2.56. The van der Waals surface area contributed by atoms with Crippen LogP contribution in [-0.4, -0.2) is 34.7 Å². The van der Waals surface area contributed by atoms with Crippen LogP contribution in [0.1, 0.15) is 46.5 Å². The molecule has 1 aliphatic heterocycles. The summed E-state index contributed by atoms with van der Waals surface area (Å²) in [6.45, 7) is 5.36. The van der Waals surface area contributed by atoms with Crippen molar-refractivity contribution in [3.8, 4) is 11.3 Å². The Labute approximate surface area is 283 Å². The molecule has 3 aromatic carbocycles. The van der Waals surface area contributed by atoms with Crippen molar-refractivity contribution in [3.63, 3.8) is 0 Å². The molecular weight excluding hydrogens is 691 g/mol. The van der Waals surface area contributed by atoms with E-state index in [0.717, 1.165) is 6.42 Å². The first kappa shape index (κ1) is 30.8. The largest absolute Gasteiger partial charge is 0.451 e. The van der Waals surface area contributed by atoms with E-state index >= 15 is 0 Å². The summed E-state index contributed by atoms with van der Waals surface area (Å²) in [6, 6.07) is 16.8. The fourth-order valence-corrected chi connectivity index (χ4v) is 8.10. The fraction of sp³-hybridized carbons (Fsp3) is 0.250. The minimum absolute atomic E-state index is 0.120. The highest BCUT2D eigenvalue weighted by atomic mass is 79.9. The number of halogens is 3. The van der Waals surface area contributed by atoms with Crippen LogP contribution >= 0.6 is 39.1 Å². The molecule has 10 heteroatoms. The lowest BCUT2D eigenvalue weighted by Crippen LogP contribution is -2.32. The number of imide groups is 1. The molecule has 2 fully saturated rings. The maximum atomic E-state index is 13.7. The monoisotopic (exact) mass is 716 g/mol. The maximum Gasteiger partial charge on any atom is 0.339 e. The Morgan fingerprint density at radius 3 is 2.43 bits per heavy atom. The Kier molecular flexibility index (Phi) is 7.66. The Hall–Kier alpha value is -3.85. The molecule has 2 aliphatic carbocycles. The first-order valence-electron chi connectivity index (χ1n) is 14.9. The lowest BCUT2D eigenvalue weighted by molar-refractivity contribution is -0.123. The van der Waals surface area contributed by atoms with Crippen LogP contribution in [0.15, 0.2) is 76.8 Å². The second-order valence-corrected chi connectivity index (χ2v) is 13.9. The third kappa shape index (κ3) is 4.89. The molecule has 4 aromatic rings. The Morgan fingerprint density at radius 2 is 1.72 bits per heavy atom. The van der Waals surface area contributed by atoms with Gasteiger partial charge in [-0.3, -0.25) is 19.3 Å². The van der Waals surface area contributed by atoms with E-state index in [1.807, 2.05) is 6.92 Å². The van der Waals surface area contributed by atoms with E-state index < -0.39 is 12.1 Å². The molecule has 5 atom stereocenters. The van der Waals surface area contributed by atoms with Gasteiger partial charge in [0.1, 0.15) is 0 Å². The number of carbonyl (C=O) groups is 4. The second-order valence-electron chi connectivity index (χ2n) is 12.2. The molecular formula is C36H27BrCl2N2O5. The highest BCUT2D eigenvalue weighted by molar-refractivity contribution is 9.10. The van der Waals surface area contributed by atoms with E-state index in [9.17, 15) is 19.2 Å². The van der Waals surface area contributed by atoms with Crippen molar-refractivity contribution >= 4 is 79.3 Å². The van der Waals surface area contributed by atoms with E-state index in [1.54, 1.807) is 61.5 Å². The Bertz CT molecular complexity index is 2040. The molecule has 5 unspecified atom stereocenters. The van der Waals surface area contributed by atoms with E-state index in [2.05, 4.69) is 22.0 Å². The van der Waals surface area contributed by atoms with E-state index in [-0.39, 0.29) is 46.8 Å². The van der Waals surface area contributed by atoms with Gasteiger partial charge in [0.15, 0.2) is 6.10 Å². The number of benzene rings is 3. The SMILES string of the molecule is CC1=CC2CC1C1C(=O)N(c3ccc(-c4cc(C(=O)OC(C)C(=O)c5cccc(Cl)c5)c5cc(Br)c(Cl)c(C)c5n4)cc3)C(=O)C21. The average molecular weight is 718 g/mol. The summed E-state index contributed by atoms with van der Waals surface area (Å²) in [4.78, 5) is 59.8. The standard InChI is InChI=1S/C36H27BrCl2N2O5/c1-16-11-21-13-24(16)30-29(21)34(43)41(35(30)44)23-9-7-19(8-10-23)28-15-26(25-14-27(37)31(39)17(2)32(25)40-28)36(45)46-18(3)33(42)20-5-4-6-22(38)12-20/h4-12,14-15,18,21,24,29-30H,13H2,1-3H3. The van der Waals surface area contributed by atoms with Crippen LogP contribution in [-0.2, 0) is 14.3 Å². The van der Waals surface area contributed by atoms with Gasteiger partial charge in [-0.15, -0.1) is 0 Å². The first-order valence-corrected chi connectivity index (χ1v) is 16.5. The van der Waals surface area contributed by atoms with E-state index in [0.29, 0.717) is 53.5 Å². The summed E-state index contributed by atoms with van der Waals surface area (Å²) in [6.07, 6.45) is 1.94. The highest BCUT2D eigenvalue weighted by Gasteiger charge is 2.60. The zero-order valence-corrected chi connectivity index (χ0v) is 28.1. The number of esters is 1. The molecule has 3 aliphatic rings. The lowest BCUT2D eigenvalue weighted by Gasteiger charge is -2.19. The maximum absolute atomic E-state index is 13.7. The second kappa shape index (κ2) is 11.4. The van der Waals surface area contributed by atoms with Crippen molar-refractivity contribution in [2.45, 2.75) is 33.3 Å². The molecule has 7 nitrogen and oxygen atoms in total. The molecule has 2 amide bonds. The van der Waals surface area contributed by atoms with Crippen molar-refractivity contribution in [3.05, 3.63) is 104 Å². The molecule has 1 saturated carbocycles.